The highest BCUT2D eigenvalue weighted by molar-refractivity contribution is 7.92. The molecule has 0 aliphatic rings. The zero-order valence-corrected chi connectivity index (χ0v) is 17.7. The molecule has 0 atom stereocenters. The summed E-state index contributed by atoms with van der Waals surface area (Å²) in [5.41, 5.74) is 0.563. The number of sulfonamides is 1. The number of amides is 1. The van der Waals surface area contributed by atoms with Gasteiger partial charge in [-0.25, -0.2) is 12.8 Å². The van der Waals surface area contributed by atoms with E-state index in [0.29, 0.717) is 29.8 Å². The van der Waals surface area contributed by atoms with Crippen LogP contribution in [0.5, 0.6) is 0 Å². The van der Waals surface area contributed by atoms with Crippen LogP contribution in [0, 0.1) is 10.6 Å². The highest BCUT2D eigenvalue weighted by atomic mass is 32.2. The van der Waals surface area contributed by atoms with Gasteiger partial charge in [0.2, 0.25) is 0 Å². The first kappa shape index (κ1) is 21.7. The van der Waals surface area contributed by atoms with Gasteiger partial charge in [-0.15, -0.1) is 0 Å². The molecule has 0 saturated carbocycles. The number of anilines is 1. The van der Waals surface area contributed by atoms with Crippen molar-refractivity contribution in [1.29, 1.82) is 0 Å². The number of halogens is 1. The summed E-state index contributed by atoms with van der Waals surface area (Å²) in [6.45, 7) is 2.99. The molecule has 30 heavy (non-hydrogen) atoms. The van der Waals surface area contributed by atoms with E-state index in [1.54, 1.807) is 0 Å². The molecule has 0 saturated heterocycles. The zero-order chi connectivity index (χ0) is 21.7. The number of carbonyl (C=O) groups excluding carboxylic acids is 1. The number of benzene rings is 2. The first-order chi connectivity index (χ1) is 14.3. The maximum Gasteiger partial charge on any atom is 0.261 e. The molecule has 1 heterocycles. The average Bonchev–Trinajstić information content (AvgIpc) is 3.09. The minimum absolute atomic E-state index is 0.0122. The first-order valence-corrected chi connectivity index (χ1v) is 11.0. The third-order valence-electron chi connectivity index (χ3n) is 4.31. The Labute approximate surface area is 178 Å². The van der Waals surface area contributed by atoms with E-state index in [1.165, 1.54) is 36.4 Å². The Morgan fingerprint density at radius 3 is 2.47 bits per heavy atom. The van der Waals surface area contributed by atoms with Crippen LogP contribution in [0.15, 0.2) is 53.4 Å². The Hall–Kier alpha value is -3.05. The van der Waals surface area contributed by atoms with Crippen molar-refractivity contribution in [3.8, 4) is 0 Å². The average molecular weight is 450 g/mol. The van der Waals surface area contributed by atoms with Crippen molar-refractivity contribution in [1.82, 2.24) is 20.1 Å². The predicted octanol–water partition coefficient (Wildman–Crippen LogP) is 2.87. The van der Waals surface area contributed by atoms with Gasteiger partial charge in [-0.2, -0.15) is 5.10 Å². The molecule has 0 aliphatic carbocycles. The fourth-order valence-corrected chi connectivity index (χ4v) is 4.11. The van der Waals surface area contributed by atoms with E-state index in [4.69, 9.17) is 12.2 Å². The molecule has 0 spiro atoms. The number of aromatic amines is 1. The first-order valence-electron chi connectivity index (χ1n) is 9.11. The molecule has 3 N–H and O–H groups in total. The van der Waals surface area contributed by atoms with Crippen LogP contribution in [0.4, 0.5) is 10.1 Å². The van der Waals surface area contributed by atoms with Gasteiger partial charge in [0.15, 0.2) is 4.77 Å². The molecule has 3 rings (SSSR count). The third-order valence-corrected chi connectivity index (χ3v) is 6.02. The summed E-state index contributed by atoms with van der Waals surface area (Å²) in [6.07, 6.45) is 0.501. The van der Waals surface area contributed by atoms with Crippen LogP contribution in [-0.2, 0) is 23.0 Å². The van der Waals surface area contributed by atoms with Crippen LogP contribution in [0.3, 0.4) is 0 Å². The SMILES string of the molecule is CCn1c(CCNC(=O)c2ccc(S(=O)(=O)Nc3ccc(F)cc3)cc2)n[nH]c1=S. The lowest BCUT2D eigenvalue weighted by Crippen LogP contribution is -2.26. The van der Waals surface area contributed by atoms with Crippen LogP contribution in [-0.4, -0.2) is 35.6 Å². The molecule has 8 nitrogen and oxygen atoms in total. The molecule has 1 aromatic heterocycles. The lowest BCUT2D eigenvalue weighted by Gasteiger charge is -2.09. The quantitative estimate of drug-likeness (QED) is 0.458. The molecule has 3 aromatic rings. The molecule has 2 aromatic carbocycles. The second-order valence-electron chi connectivity index (χ2n) is 6.33. The number of nitrogens with zero attached hydrogens (tertiary/aromatic N) is 2. The van der Waals surface area contributed by atoms with E-state index in [1.807, 2.05) is 11.5 Å². The molecule has 0 radical (unpaired) electrons. The summed E-state index contributed by atoms with van der Waals surface area (Å²) in [4.78, 5) is 12.3. The van der Waals surface area contributed by atoms with E-state index in [0.717, 1.165) is 18.0 Å². The Bertz CT molecular complexity index is 1190. The second-order valence-corrected chi connectivity index (χ2v) is 8.40. The minimum atomic E-state index is -3.86. The summed E-state index contributed by atoms with van der Waals surface area (Å²) in [7, 11) is -3.86. The fourth-order valence-electron chi connectivity index (χ4n) is 2.77. The Morgan fingerprint density at radius 1 is 1.17 bits per heavy atom. The number of aromatic nitrogens is 3. The molecule has 11 heteroatoms. The van der Waals surface area contributed by atoms with Gasteiger partial charge >= 0.3 is 0 Å². The summed E-state index contributed by atoms with van der Waals surface area (Å²) in [6, 6.07) is 10.5. The number of nitrogens with one attached hydrogen (secondary N) is 3. The monoisotopic (exact) mass is 449 g/mol. The number of carbonyl (C=O) groups is 1. The lowest BCUT2D eigenvalue weighted by atomic mass is 10.2. The maximum absolute atomic E-state index is 13.0. The van der Waals surface area contributed by atoms with Crippen LogP contribution >= 0.6 is 12.2 Å². The van der Waals surface area contributed by atoms with Crippen LogP contribution < -0.4 is 10.0 Å². The lowest BCUT2D eigenvalue weighted by molar-refractivity contribution is 0.0953. The second kappa shape index (κ2) is 9.18. The smallest absolute Gasteiger partial charge is 0.261 e. The van der Waals surface area contributed by atoms with Crippen molar-refractivity contribution in [3.05, 3.63) is 70.5 Å². The molecule has 158 valence electrons. The normalized spacial score (nSPS) is 11.3. The van der Waals surface area contributed by atoms with Gasteiger partial charge in [-0.1, -0.05) is 0 Å². The standard InChI is InChI=1S/C19H20FN5O3S2/c1-2-25-17(22-23-19(25)29)11-12-21-18(26)13-3-9-16(10-4-13)30(27,28)24-15-7-5-14(20)6-8-15/h3-10,24H,2,11-12H2,1H3,(H,21,26)(H,23,29). The summed E-state index contributed by atoms with van der Waals surface area (Å²) >= 11 is 5.13. The van der Waals surface area contributed by atoms with Gasteiger partial charge in [-0.3, -0.25) is 14.6 Å². The van der Waals surface area contributed by atoms with Crippen molar-refractivity contribution < 1.29 is 17.6 Å². The highest BCUT2D eigenvalue weighted by Crippen LogP contribution is 2.17. The van der Waals surface area contributed by atoms with Crippen molar-refractivity contribution in [2.45, 2.75) is 24.8 Å². The third kappa shape index (κ3) is 5.10. The van der Waals surface area contributed by atoms with E-state index >= 15 is 0 Å². The topological polar surface area (TPSA) is 109 Å². The number of hydrogen-bond donors (Lipinski definition) is 3. The van der Waals surface area contributed by atoms with Gasteiger partial charge in [-0.05, 0) is 67.7 Å². The fraction of sp³-hybridized carbons (Fsp3) is 0.211. The Kier molecular flexibility index (Phi) is 6.63. The highest BCUT2D eigenvalue weighted by Gasteiger charge is 2.15. The van der Waals surface area contributed by atoms with Crippen LogP contribution in [0.2, 0.25) is 0 Å². The van der Waals surface area contributed by atoms with Gasteiger partial charge < -0.3 is 9.88 Å². The summed E-state index contributed by atoms with van der Waals surface area (Å²) < 4.78 is 42.6. The van der Waals surface area contributed by atoms with E-state index in [9.17, 15) is 17.6 Å². The Morgan fingerprint density at radius 2 is 1.83 bits per heavy atom. The molecular formula is C19H20FN5O3S2. The molecule has 1 amide bonds. The van der Waals surface area contributed by atoms with Crippen molar-refractivity contribution in [2.24, 2.45) is 0 Å². The molecule has 0 aliphatic heterocycles. The van der Waals surface area contributed by atoms with E-state index in [2.05, 4.69) is 20.2 Å². The largest absolute Gasteiger partial charge is 0.352 e. The molecular weight excluding hydrogens is 429 g/mol. The van der Waals surface area contributed by atoms with Crippen molar-refractivity contribution in [2.75, 3.05) is 11.3 Å². The van der Waals surface area contributed by atoms with Gasteiger partial charge in [0.1, 0.15) is 11.6 Å². The molecule has 0 unspecified atom stereocenters. The van der Waals surface area contributed by atoms with Gasteiger partial charge in [0.05, 0.1) is 4.90 Å². The van der Waals surface area contributed by atoms with Gasteiger partial charge in [0.25, 0.3) is 15.9 Å². The van der Waals surface area contributed by atoms with Crippen LogP contribution in [0.25, 0.3) is 0 Å². The Balaban J connectivity index is 1.60. The van der Waals surface area contributed by atoms with Crippen LogP contribution in [0.1, 0.15) is 23.1 Å². The molecule has 0 bridgehead atoms. The maximum atomic E-state index is 13.0. The predicted molar refractivity (Wildman–Crippen MR) is 113 cm³/mol. The molecule has 0 fully saturated rings. The minimum Gasteiger partial charge on any atom is -0.352 e. The van der Waals surface area contributed by atoms with E-state index in [-0.39, 0.29) is 16.5 Å². The number of rotatable bonds is 8. The zero-order valence-electron chi connectivity index (χ0n) is 16.1. The number of hydrogen-bond acceptors (Lipinski definition) is 5. The van der Waals surface area contributed by atoms with Crippen molar-refractivity contribution >= 4 is 33.8 Å². The van der Waals surface area contributed by atoms with Crippen molar-refractivity contribution in [3.63, 3.8) is 0 Å². The van der Waals surface area contributed by atoms with Gasteiger partial charge in [0, 0.05) is 30.8 Å². The summed E-state index contributed by atoms with van der Waals surface area (Å²) in [5, 5.41) is 9.62. The number of H-pyrrole nitrogens is 1. The van der Waals surface area contributed by atoms with E-state index < -0.39 is 15.8 Å². The summed E-state index contributed by atoms with van der Waals surface area (Å²) in [5.74, 6) is -0.0478.